The first-order chi connectivity index (χ1) is 22.3. The average Bonchev–Trinajstić information content (AvgIpc) is 3.44. The zero-order valence-electron chi connectivity index (χ0n) is 28.0. The number of aryl methyl sites for hydroxylation is 1. The Hall–Kier alpha value is -3.38. The highest BCUT2D eigenvalue weighted by molar-refractivity contribution is 7.13. The lowest BCUT2D eigenvalue weighted by Crippen LogP contribution is -2.59. The number of amides is 3. The molecule has 0 spiro atoms. The summed E-state index contributed by atoms with van der Waals surface area (Å²) in [4.78, 5) is 57.1. The minimum Gasteiger partial charge on any atom is -0.493 e. The van der Waals surface area contributed by atoms with Crippen molar-refractivity contribution < 1.29 is 33.4 Å². The van der Waals surface area contributed by atoms with Gasteiger partial charge in [-0.1, -0.05) is 58.6 Å². The van der Waals surface area contributed by atoms with Crippen LogP contribution in [0.1, 0.15) is 96.2 Å². The molecule has 3 amide bonds. The number of aliphatic hydroxyl groups is 1. The van der Waals surface area contributed by atoms with Gasteiger partial charge in [0.1, 0.15) is 24.1 Å². The van der Waals surface area contributed by atoms with Crippen LogP contribution in [0.4, 0.5) is 4.39 Å². The molecule has 0 radical (unpaired) electrons. The Morgan fingerprint density at radius 3 is 2.51 bits per heavy atom. The number of rotatable bonds is 17. The zero-order chi connectivity index (χ0) is 34.2. The highest BCUT2D eigenvalue weighted by Crippen LogP contribution is 2.40. The van der Waals surface area contributed by atoms with Gasteiger partial charge in [0.05, 0.1) is 28.8 Å². The third-order valence-corrected chi connectivity index (χ3v) is 9.83. The van der Waals surface area contributed by atoms with Gasteiger partial charge in [0, 0.05) is 31.5 Å². The van der Waals surface area contributed by atoms with Crippen LogP contribution in [0.5, 0.6) is 5.75 Å². The molecule has 2 fully saturated rings. The molecule has 47 heavy (non-hydrogen) atoms. The first-order valence-corrected chi connectivity index (χ1v) is 17.6. The highest BCUT2D eigenvalue weighted by Gasteiger charge is 2.53. The van der Waals surface area contributed by atoms with Crippen LogP contribution >= 0.6 is 11.3 Å². The molecule has 3 atom stereocenters. The molecule has 12 heteroatoms. The maximum atomic E-state index is 14.5. The Labute approximate surface area is 280 Å². The summed E-state index contributed by atoms with van der Waals surface area (Å²) >= 11 is 1.54. The molecule has 2 aromatic rings. The van der Waals surface area contributed by atoms with Crippen molar-refractivity contribution in [3.05, 3.63) is 35.0 Å². The molecule has 1 aromatic carbocycles. The van der Waals surface area contributed by atoms with Gasteiger partial charge in [-0.25, -0.2) is 9.37 Å². The molecule has 258 valence electrons. The van der Waals surface area contributed by atoms with Crippen molar-refractivity contribution in [2.45, 2.75) is 122 Å². The number of thiazole rings is 1. The number of carbonyl (C=O) groups excluding carboxylic acids is 4. The second-order valence-electron chi connectivity index (χ2n) is 13.9. The zero-order valence-corrected chi connectivity index (χ0v) is 28.8. The number of aliphatic hydroxyl groups excluding tert-OH is 1. The van der Waals surface area contributed by atoms with Gasteiger partial charge in [-0.05, 0) is 49.7 Å². The van der Waals surface area contributed by atoms with Crippen LogP contribution < -0.4 is 15.4 Å². The van der Waals surface area contributed by atoms with Gasteiger partial charge in [0.25, 0.3) is 5.91 Å². The van der Waals surface area contributed by atoms with E-state index in [9.17, 15) is 28.7 Å². The summed E-state index contributed by atoms with van der Waals surface area (Å²) in [5.41, 5.74) is 1.76. The standard InChI is InChI=1S/C35H49FN4O6S/c1-23-29(47-22-38-23)24-12-13-25(28(18-24)46-17-11-9-7-5-6-8-10-16-41)20-37-31(43)27-19-26(42)21-40(27)32(44)30(34(2,3)4)39-33(45)35(36)14-15-35/h12-13,16,18,22,26-27,30,42H,5-11,14-15,17,19-21H2,1-4H3,(H,37,43)(H,39,45)/t26-,27+,30-/m1/s1. The van der Waals surface area contributed by atoms with Crippen LogP contribution in [0.25, 0.3) is 10.4 Å². The van der Waals surface area contributed by atoms with Crippen LogP contribution in [-0.4, -0.2) is 76.0 Å². The van der Waals surface area contributed by atoms with Gasteiger partial charge in [-0.15, -0.1) is 11.3 Å². The van der Waals surface area contributed by atoms with Gasteiger partial charge >= 0.3 is 0 Å². The average molecular weight is 673 g/mol. The van der Waals surface area contributed by atoms with Crippen molar-refractivity contribution in [2.75, 3.05) is 13.2 Å². The number of ether oxygens (including phenoxy) is 1. The molecule has 1 saturated heterocycles. The van der Waals surface area contributed by atoms with Crippen molar-refractivity contribution in [1.29, 1.82) is 0 Å². The van der Waals surface area contributed by atoms with Gasteiger partial charge in [0.15, 0.2) is 5.67 Å². The third-order valence-electron chi connectivity index (χ3n) is 8.85. The number of nitrogens with zero attached hydrogens (tertiary/aromatic N) is 2. The van der Waals surface area contributed by atoms with Crippen LogP contribution in [0.3, 0.4) is 0 Å². The van der Waals surface area contributed by atoms with Crippen molar-refractivity contribution in [1.82, 2.24) is 20.5 Å². The summed E-state index contributed by atoms with van der Waals surface area (Å²) in [6, 6.07) is 3.83. The lowest BCUT2D eigenvalue weighted by Gasteiger charge is -2.35. The normalized spacial score (nSPS) is 19.2. The molecule has 0 bridgehead atoms. The lowest BCUT2D eigenvalue weighted by molar-refractivity contribution is -0.145. The Morgan fingerprint density at radius 1 is 1.17 bits per heavy atom. The Balaban J connectivity index is 1.42. The van der Waals surface area contributed by atoms with Crippen LogP contribution in [0.2, 0.25) is 0 Å². The molecule has 0 unspecified atom stereocenters. The number of halogens is 1. The third kappa shape index (κ3) is 9.82. The second kappa shape index (κ2) is 16.1. The van der Waals surface area contributed by atoms with E-state index in [1.54, 1.807) is 37.6 Å². The fourth-order valence-corrected chi connectivity index (χ4v) is 6.59. The van der Waals surface area contributed by atoms with E-state index in [0.29, 0.717) is 18.8 Å². The second-order valence-corrected chi connectivity index (χ2v) is 14.7. The smallest absolute Gasteiger partial charge is 0.258 e. The summed E-state index contributed by atoms with van der Waals surface area (Å²) in [7, 11) is 0. The minimum atomic E-state index is -1.95. The van der Waals surface area contributed by atoms with E-state index in [1.165, 1.54) is 4.90 Å². The number of β-amino-alcohol motifs (C(OH)–C–C–N with tert-alkyl or cyclic N) is 1. The Morgan fingerprint density at radius 2 is 1.87 bits per heavy atom. The number of unbranched alkanes of at least 4 members (excludes halogenated alkanes) is 6. The summed E-state index contributed by atoms with van der Waals surface area (Å²) in [5, 5.41) is 16.0. The molecule has 2 heterocycles. The summed E-state index contributed by atoms with van der Waals surface area (Å²) < 4.78 is 20.7. The van der Waals surface area contributed by atoms with Crippen molar-refractivity contribution >= 4 is 35.3 Å². The molecular weight excluding hydrogens is 623 g/mol. The molecule has 1 aliphatic carbocycles. The molecule has 1 saturated carbocycles. The quantitative estimate of drug-likeness (QED) is 0.158. The largest absolute Gasteiger partial charge is 0.493 e. The predicted octanol–water partition coefficient (Wildman–Crippen LogP) is 5.04. The predicted molar refractivity (Wildman–Crippen MR) is 179 cm³/mol. The van der Waals surface area contributed by atoms with E-state index in [0.717, 1.165) is 66.5 Å². The minimum absolute atomic E-state index is 0.0531. The number of hydrogen-bond acceptors (Lipinski definition) is 8. The lowest BCUT2D eigenvalue weighted by atomic mass is 9.85. The molecule has 1 aromatic heterocycles. The van der Waals surface area contributed by atoms with Crippen LogP contribution in [0, 0.1) is 12.3 Å². The number of benzene rings is 1. The number of hydrogen-bond donors (Lipinski definition) is 3. The fraction of sp³-hybridized carbons (Fsp3) is 0.629. The Bertz CT molecular complexity index is 1400. The molecule has 1 aliphatic heterocycles. The van der Waals surface area contributed by atoms with E-state index < -0.39 is 47.0 Å². The first-order valence-electron chi connectivity index (χ1n) is 16.7. The van der Waals surface area contributed by atoms with Gasteiger partial charge in [-0.2, -0.15) is 0 Å². The molecule has 10 nitrogen and oxygen atoms in total. The van der Waals surface area contributed by atoms with Crippen molar-refractivity contribution in [2.24, 2.45) is 5.41 Å². The van der Waals surface area contributed by atoms with Crippen molar-refractivity contribution in [3.63, 3.8) is 0 Å². The summed E-state index contributed by atoms with van der Waals surface area (Å²) in [5.74, 6) is -1.12. The maximum absolute atomic E-state index is 14.5. The SMILES string of the molecule is Cc1ncsc1-c1ccc(CNC(=O)[C@@H]2C[C@@H](O)CN2C(=O)[C@@H](NC(=O)C2(F)CC2)C(C)(C)C)c(OCCCCCCCCC=O)c1. The van der Waals surface area contributed by atoms with Crippen LogP contribution in [0.15, 0.2) is 23.7 Å². The topological polar surface area (TPSA) is 138 Å². The highest BCUT2D eigenvalue weighted by atomic mass is 32.1. The number of likely N-dealkylation sites (tertiary alicyclic amines) is 1. The monoisotopic (exact) mass is 672 g/mol. The van der Waals surface area contributed by atoms with Gasteiger partial charge < -0.3 is 30.2 Å². The Kier molecular flexibility index (Phi) is 12.5. The van der Waals surface area contributed by atoms with E-state index in [2.05, 4.69) is 15.6 Å². The number of nitrogens with one attached hydrogen (secondary N) is 2. The number of carbonyl (C=O) groups is 4. The summed E-state index contributed by atoms with van der Waals surface area (Å²) in [6.45, 7) is 7.85. The van der Waals surface area contributed by atoms with E-state index in [-0.39, 0.29) is 32.4 Å². The van der Waals surface area contributed by atoms with Gasteiger partial charge in [0.2, 0.25) is 11.8 Å². The molecule has 4 rings (SSSR count). The molecular formula is C35H49FN4O6S. The number of aromatic nitrogens is 1. The van der Waals surface area contributed by atoms with E-state index in [1.807, 2.05) is 25.1 Å². The van der Waals surface area contributed by atoms with E-state index >= 15 is 0 Å². The molecule has 3 N–H and O–H groups in total. The van der Waals surface area contributed by atoms with Crippen molar-refractivity contribution in [3.8, 4) is 16.2 Å². The fourth-order valence-electron chi connectivity index (χ4n) is 5.79. The molecule has 2 aliphatic rings. The van der Waals surface area contributed by atoms with E-state index in [4.69, 9.17) is 4.74 Å². The maximum Gasteiger partial charge on any atom is 0.258 e. The first kappa shape index (κ1) is 36.5. The van der Waals surface area contributed by atoms with Gasteiger partial charge in [-0.3, -0.25) is 14.4 Å². The summed E-state index contributed by atoms with van der Waals surface area (Å²) in [6.07, 6.45) is 6.98. The number of aldehydes is 1. The van der Waals surface area contributed by atoms with Crippen LogP contribution in [-0.2, 0) is 25.7 Å². The number of alkyl halides is 1.